The Labute approximate surface area is 110 Å². The molecule has 0 aliphatic carbocycles. The van der Waals surface area contributed by atoms with E-state index in [-0.39, 0.29) is 11.7 Å². The molecule has 0 aliphatic heterocycles. The Morgan fingerprint density at radius 1 is 1.06 bits per heavy atom. The van der Waals surface area contributed by atoms with Gasteiger partial charge in [0.15, 0.2) is 0 Å². The van der Waals surface area contributed by atoms with Crippen LogP contribution in [0.1, 0.15) is 25.3 Å². The van der Waals surface area contributed by atoms with Crippen molar-refractivity contribution in [2.75, 3.05) is 0 Å². The van der Waals surface area contributed by atoms with E-state index in [0.29, 0.717) is 0 Å². The maximum absolute atomic E-state index is 13.9. The molecule has 17 heavy (non-hydrogen) atoms. The van der Waals surface area contributed by atoms with Crippen molar-refractivity contribution in [3.05, 3.63) is 58.3 Å². The molecule has 0 unspecified atom stereocenters. The largest absolute Gasteiger partial charge is 0.207 e. The standard InChI is InChI=1S/C15H14BrF/c1-10(2)15-13(7-4-8-14(15)17)11-5-3-6-12(16)9-11/h3-10H,1-2H3. The summed E-state index contributed by atoms with van der Waals surface area (Å²) >= 11 is 3.45. The highest BCUT2D eigenvalue weighted by molar-refractivity contribution is 9.10. The third-order valence-corrected chi connectivity index (χ3v) is 3.26. The zero-order valence-corrected chi connectivity index (χ0v) is 11.5. The summed E-state index contributed by atoms with van der Waals surface area (Å²) in [5, 5.41) is 0. The average Bonchev–Trinajstić information content (AvgIpc) is 2.28. The SMILES string of the molecule is CC(C)c1c(F)cccc1-c1cccc(Br)c1. The molecule has 0 aromatic heterocycles. The van der Waals surface area contributed by atoms with Crippen LogP contribution in [0.3, 0.4) is 0 Å². The van der Waals surface area contributed by atoms with Crippen LogP contribution in [-0.4, -0.2) is 0 Å². The molecule has 0 radical (unpaired) electrons. The van der Waals surface area contributed by atoms with Crippen LogP contribution in [0, 0.1) is 5.82 Å². The first-order chi connectivity index (χ1) is 8.09. The van der Waals surface area contributed by atoms with Gasteiger partial charge in [0.1, 0.15) is 5.82 Å². The van der Waals surface area contributed by atoms with E-state index >= 15 is 0 Å². The number of hydrogen-bond donors (Lipinski definition) is 0. The maximum atomic E-state index is 13.9. The normalized spacial score (nSPS) is 10.9. The predicted octanol–water partition coefficient (Wildman–Crippen LogP) is 5.38. The predicted molar refractivity (Wildman–Crippen MR) is 73.6 cm³/mol. The van der Waals surface area contributed by atoms with Crippen LogP contribution in [0.15, 0.2) is 46.9 Å². The van der Waals surface area contributed by atoms with Crippen LogP contribution in [0.2, 0.25) is 0 Å². The van der Waals surface area contributed by atoms with Crippen LogP contribution in [0.4, 0.5) is 4.39 Å². The highest BCUT2D eigenvalue weighted by atomic mass is 79.9. The molecule has 2 aromatic carbocycles. The first kappa shape index (κ1) is 12.3. The lowest BCUT2D eigenvalue weighted by Gasteiger charge is -2.14. The van der Waals surface area contributed by atoms with Crippen molar-refractivity contribution < 1.29 is 4.39 Å². The van der Waals surface area contributed by atoms with Gasteiger partial charge in [0.25, 0.3) is 0 Å². The number of rotatable bonds is 2. The second-order valence-corrected chi connectivity index (χ2v) is 5.28. The molecule has 0 N–H and O–H groups in total. The van der Waals surface area contributed by atoms with E-state index in [1.165, 1.54) is 6.07 Å². The Bertz CT molecular complexity index is 532. The molecule has 2 aromatic rings. The van der Waals surface area contributed by atoms with Gasteiger partial charge in [-0.25, -0.2) is 4.39 Å². The van der Waals surface area contributed by atoms with E-state index in [1.807, 2.05) is 44.2 Å². The van der Waals surface area contributed by atoms with E-state index in [4.69, 9.17) is 0 Å². The minimum atomic E-state index is -0.127. The average molecular weight is 293 g/mol. The summed E-state index contributed by atoms with van der Waals surface area (Å²) in [6.07, 6.45) is 0. The van der Waals surface area contributed by atoms with Gasteiger partial charge in [-0.2, -0.15) is 0 Å². The molecular weight excluding hydrogens is 279 g/mol. The third kappa shape index (κ3) is 2.58. The van der Waals surface area contributed by atoms with Crippen molar-refractivity contribution in [1.29, 1.82) is 0 Å². The van der Waals surface area contributed by atoms with E-state index in [9.17, 15) is 4.39 Å². The Hall–Kier alpha value is -1.15. The number of hydrogen-bond acceptors (Lipinski definition) is 0. The second-order valence-electron chi connectivity index (χ2n) is 4.37. The highest BCUT2D eigenvalue weighted by Crippen LogP contribution is 2.32. The first-order valence-corrected chi connectivity index (χ1v) is 6.43. The summed E-state index contributed by atoms with van der Waals surface area (Å²) in [5.41, 5.74) is 2.80. The quantitative estimate of drug-likeness (QED) is 0.697. The van der Waals surface area contributed by atoms with Gasteiger partial charge in [-0.1, -0.05) is 54.0 Å². The fourth-order valence-corrected chi connectivity index (χ4v) is 2.43. The molecule has 2 heteroatoms. The molecule has 0 amide bonds. The van der Waals surface area contributed by atoms with Crippen LogP contribution >= 0.6 is 15.9 Å². The smallest absolute Gasteiger partial charge is 0.127 e. The Morgan fingerprint density at radius 3 is 2.41 bits per heavy atom. The molecule has 0 aliphatic rings. The lowest BCUT2D eigenvalue weighted by atomic mass is 9.92. The molecule has 0 atom stereocenters. The van der Waals surface area contributed by atoms with Gasteiger partial charge in [0.05, 0.1) is 0 Å². The maximum Gasteiger partial charge on any atom is 0.127 e. The summed E-state index contributed by atoms with van der Waals surface area (Å²) < 4.78 is 14.9. The van der Waals surface area contributed by atoms with E-state index < -0.39 is 0 Å². The van der Waals surface area contributed by atoms with Crippen LogP contribution in [-0.2, 0) is 0 Å². The lowest BCUT2D eigenvalue weighted by molar-refractivity contribution is 0.599. The zero-order chi connectivity index (χ0) is 12.4. The molecule has 0 saturated carbocycles. The van der Waals surface area contributed by atoms with Crippen molar-refractivity contribution in [2.45, 2.75) is 19.8 Å². The topological polar surface area (TPSA) is 0 Å². The van der Waals surface area contributed by atoms with Gasteiger partial charge < -0.3 is 0 Å². The fraction of sp³-hybridized carbons (Fsp3) is 0.200. The summed E-state index contributed by atoms with van der Waals surface area (Å²) in [5.74, 6) is 0.0441. The minimum Gasteiger partial charge on any atom is -0.207 e. The van der Waals surface area contributed by atoms with Crippen LogP contribution < -0.4 is 0 Å². The first-order valence-electron chi connectivity index (χ1n) is 5.64. The minimum absolute atomic E-state index is 0.127. The van der Waals surface area contributed by atoms with Crippen molar-refractivity contribution in [2.24, 2.45) is 0 Å². The van der Waals surface area contributed by atoms with Gasteiger partial charge in [-0.05, 0) is 40.8 Å². The third-order valence-electron chi connectivity index (χ3n) is 2.77. The lowest BCUT2D eigenvalue weighted by Crippen LogP contribution is -1.96. The van der Waals surface area contributed by atoms with Crippen molar-refractivity contribution in [1.82, 2.24) is 0 Å². The van der Waals surface area contributed by atoms with E-state index in [1.54, 1.807) is 6.07 Å². The Kier molecular flexibility index (Phi) is 3.63. The van der Waals surface area contributed by atoms with Gasteiger partial charge in [-0.3, -0.25) is 0 Å². The van der Waals surface area contributed by atoms with Gasteiger partial charge in [0, 0.05) is 4.47 Å². The summed E-state index contributed by atoms with van der Waals surface area (Å²) in [7, 11) is 0. The van der Waals surface area contributed by atoms with Gasteiger partial charge in [0.2, 0.25) is 0 Å². The van der Waals surface area contributed by atoms with E-state index in [0.717, 1.165) is 21.2 Å². The monoisotopic (exact) mass is 292 g/mol. The summed E-state index contributed by atoms with van der Waals surface area (Å²) in [6, 6.07) is 13.2. The molecule has 2 rings (SSSR count). The Balaban J connectivity index is 2.63. The van der Waals surface area contributed by atoms with E-state index in [2.05, 4.69) is 15.9 Å². The van der Waals surface area contributed by atoms with Crippen LogP contribution in [0.25, 0.3) is 11.1 Å². The fourth-order valence-electron chi connectivity index (χ4n) is 2.03. The zero-order valence-electron chi connectivity index (χ0n) is 9.87. The molecule has 88 valence electrons. The molecule has 0 saturated heterocycles. The molecule has 0 bridgehead atoms. The number of halogens is 2. The van der Waals surface area contributed by atoms with Crippen molar-refractivity contribution in [3.63, 3.8) is 0 Å². The highest BCUT2D eigenvalue weighted by Gasteiger charge is 2.13. The number of benzene rings is 2. The molecule has 0 nitrogen and oxygen atoms in total. The second kappa shape index (κ2) is 5.01. The molecular formula is C15H14BrF. The van der Waals surface area contributed by atoms with Gasteiger partial charge >= 0.3 is 0 Å². The Morgan fingerprint density at radius 2 is 1.76 bits per heavy atom. The summed E-state index contributed by atoms with van der Waals surface area (Å²) in [4.78, 5) is 0. The van der Waals surface area contributed by atoms with Crippen LogP contribution in [0.5, 0.6) is 0 Å². The molecule has 0 fully saturated rings. The summed E-state index contributed by atoms with van der Waals surface area (Å²) in [6.45, 7) is 4.03. The molecule has 0 spiro atoms. The van der Waals surface area contributed by atoms with Crippen molar-refractivity contribution in [3.8, 4) is 11.1 Å². The van der Waals surface area contributed by atoms with Gasteiger partial charge in [-0.15, -0.1) is 0 Å². The van der Waals surface area contributed by atoms with Crippen molar-refractivity contribution >= 4 is 15.9 Å². The molecule has 0 heterocycles.